The Labute approximate surface area is 97.1 Å². The van der Waals surface area contributed by atoms with Crippen LogP contribution in [0.1, 0.15) is 12.5 Å². The Bertz CT molecular complexity index is 441. The predicted molar refractivity (Wildman–Crippen MR) is 65.4 cm³/mol. The van der Waals surface area contributed by atoms with Gasteiger partial charge in [0.1, 0.15) is 6.07 Å². The fraction of sp³-hybridized carbons (Fsp3) is 0.400. The Morgan fingerprint density at radius 1 is 1.75 bits per heavy atom. The van der Waals surface area contributed by atoms with Crippen LogP contribution in [0.3, 0.4) is 0 Å². The minimum absolute atomic E-state index is 0.00643. The molecule has 0 radical (unpaired) electrons. The highest BCUT2D eigenvalue weighted by Crippen LogP contribution is 2.18. The third kappa shape index (κ3) is 2.94. The fourth-order valence-electron chi connectivity index (χ4n) is 1.07. The van der Waals surface area contributed by atoms with E-state index >= 15 is 0 Å². The van der Waals surface area contributed by atoms with E-state index in [1.165, 1.54) is 6.20 Å². The molecule has 2 unspecified atom stereocenters. The van der Waals surface area contributed by atoms with Crippen molar-refractivity contribution < 1.29 is 4.21 Å². The van der Waals surface area contributed by atoms with Gasteiger partial charge in [-0.05, 0) is 13.0 Å². The van der Waals surface area contributed by atoms with E-state index in [1.807, 2.05) is 13.0 Å². The maximum absolute atomic E-state index is 11.1. The van der Waals surface area contributed by atoms with E-state index in [1.54, 1.807) is 12.3 Å². The van der Waals surface area contributed by atoms with E-state index in [9.17, 15) is 4.21 Å². The lowest BCUT2D eigenvalue weighted by molar-refractivity contribution is 0.679. The Morgan fingerprint density at radius 2 is 2.44 bits per heavy atom. The van der Waals surface area contributed by atoms with Crippen molar-refractivity contribution >= 4 is 22.3 Å². The molecule has 1 rings (SSSR count). The molecule has 0 saturated carbocycles. The van der Waals surface area contributed by atoms with Gasteiger partial charge in [0.15, 0.2) is 5.82 Å². The number of nitrogens with zero attached hydrogens (tertiary/aromatic N) is 2. The van der Waals surface area contributed by atoms with Crippen LogP contribution in [-0.2, 0) is 10.8 Å². The monoisotopic (exact) mass is 238 g/mol. The van der Waals surface area contributed by atoms with E-state index in [4.69, 9.17) is 11.0 Å². The maximum atomic E-state index is 11.1. The molecule has 0 aliphatic heterocycles. The van der Waals surface area contributed by atoms with Crippen LogP contribution in [0.15, 0.2) is 12.3 Å². The van der Waals surface area contributed by atoms with Gasteiger partial charge in [-0.3, -0.25) is 4.21 Å². The van der Waals surface area contributed by atoms with Crippen molar-refractivity contribution in [3.63, 3.8) is 0 Å². The normalized spacial score (nSPS) is 13.8. The van der Waals surface area contributed by atoms with E-state index in [0.29, 0.717) is 23.6 Å². The topological polar surface area (TPSA) is 91.8 Å². The molecular weight excluding hydrogens is 224 g/mol. The first-order chi connectivity index (χ1) is 7.56. The minimum atomic E-state index is -0.894. The number of rotatable bonds is 4. The van der Waals surface area contributed by atoms with E-state index in [2.05, 4.69) is 10.3 Å². The molecule has 3 N–H and O–H groups in total. The van der Waals surface area contributed by atoms with Crippen molar-refractivity contribution in [1.82, 2.24) is 4.98 Å². The van der Waals surface area contributed by atoms with Gasteiger partial charge in [-0.2, -0.15) is 5.26 Å². The van der Waals surface area contributed by atoms with Crippen LogP contribution in [-0.4, -0.2) is 27.2 Å². The Morgan fingerprint density at radius 3 is 3.00 bits per heavy atom. The van der Waals surface area contributed by atoms with Gasteiger partial charge in [-0.1, -0.05) is 0 Å². The van der Waals surface area contributed by atoms with Crippen molar-refractivity contribution in [3.05, 3.63) is 17.8 Å². The van der Waals surface area contributed by atoms with Gasteiger partial charge in [0.05, 0.1) is 11.3 Å². The van der Waals surface area contributed by atoms with Gasteiger partial charge in [0.2, 0.25) is 0 Å². The average molecular weight is 238 g/mol. The SMILES string of the molecule is CC(CNc1nccc(C#N)c1N)S(C)=O. The molecule has 0 aliphatic carbocycles. The van der Waals surface area contributed by atoms with Crippen LogP contribution in [0.2, 0.25) is 0 Å². The second kappa shape index (κ2) is 5.47. The number of hydrogen-bond donors (Lipinski definition) is 2. The molecule has 86 valence electrons. The molecule has 0 aliphatic rings. The zero-order valence-corrected chi connectivity index (χ0v) is 10.0. The Hall–Kier alpha value is -1.61. The summed E-state index contributed by atoms with van der Waals surface area (Å²) in [6.07, 6.45) is 3.17. The van der Waals surface area contributed by atoms with E-state index in [0.717, 1.165) is 0 Å². The van der Waals surface area contributed by atoms with Gasteiger partial charge < -0.3 is 11.1 Å². The van der Waals surface area contributed by atoms with Crippen molar-refractivity contribution in [2.45, 2.75) is 12.2 Å². The lowest BCUT2D eigenvalue weighted by Gasteiger charge is -2.12. The molecule has 1 heterocycles. The van der Waals surface area contributed by atoms with Gasteiger partial charge in [-0.15, -0.1) is 0 Å². The summed E-state index contributed by atoms with van der Waals surface area (Å²) in [5, 5.41) is 11.8. The molecular formula is C10H14N4OS. The van der Waals surface area contributed by atoms with Gasteiger partial charge in [0, 0.05) is 35.0 Å². The van der Waals surface area contributed by atoms with Crippen LogP contribution >= 0.6 is 0 Å². The number of nitrogens with two attached hydrogens (primary N) is 1. The molecule has 5 nitrogen and oxygen atoms in total. The second-order valence-corrected chi connectivity index (χ2v) is 5.22. The third-order valence-corrected chi connectivity index (χ3v) is 3.53. The number of anilines is 2. The fourth-order valence-corrected chi connectivity index (χ4v) is 1.39. The number of nitriles is 1. The summed E-state index contributed by atoms with van der Waals surface area (Å²) in [7, 11) is -0.894. The standard InChI is InChI=1S/C10H14N4OS/c1-7(16(2)15)6-14-10-9(12)8(5-11)3-4-13-10/h3-4,7H,6,12H2,1-2H3,(H,13,14). The summed E-state index contributed by atoms with van der Waals surface area (Å²) in [5.41, 5.74) is 6.46. The van der Waals surface area contributed by atoms with Gasteiger partial charge in [0.25, 0.3) is 0 Å². The van der Waals surface area contributed by atoms with Crippen LogP contribution < -0.4 is 11.1 Å². The van der Waals surface area contributed by atoms with Gasteiger partial charge >= 0.3 is 0 Å². The average Bonchev–Trinajstić information content (AvgIpc) is 2.27. The first-order valence-corrected chi connectivity index (χ1v) is 6.39. The molecule has 0 bridgehead atoms. The second-order valence-electron chi connectivity index (χ2n) is 3.42. The molecule has 1 aromatic rings. The summed E-state index contributed by atoms with van der Waals surface area (Å²) < 4.78 is 11.1. The summed E-state index contributed by atoms with van der Waals surface area (Å²) >= 11 is 0. The predicted octanol–water partition coefficient (Wildman–Crippen LogP) is 0.714. The number of hydrogen-bond acceptors (Lipinski definition) is 5. The van der Waals surface area contributed by atoms with E-state index < -0.39 is 10.8 Å². The van der Waals surface area contributed by atoms with E-state index in [-0.39, 0.29) is 5.25 Å². The first kappa shape index (κ1) is 12.5. The van der Waals surface area contributed by atoms with Crippen LogP contribution in [0.5, 0.6) is 0 Å². The third-order valence-electron chi connectivity index (χ3n) is 2.23. The molecule has 1 aromatic heterocycles. The molecule has 0 amide bonds. The molecule has 16 heavy (non-hydrogen) atoms. The zero-order chi connectivity index (χ0) is 12.1. The largest absolute Gasteiger partial charge is 0.395 e. The lowest BCUT2D eigenvalue weighted by atomic mass is 10.2. The highest BCUT2D eigenvalue weighted by Gasteiger charge is 2.09. The zero-order valence-electron chi connectivity index (χ0n) is 9.23. The number of nitrogen functional groups attached to an aromatic ring is 1. The number of pyridine rings is 1. The summed E-state index contributed by atoms with van der Waals surface area (Å²) in [6, 6.07) is 3.54. The quantitative estimate of drug-likeness (QED) is 0.806. The van der Waals surface area contributed by atoms with Crippen LogP contribution in [0.4, 0.5) is 11.5 Å². The molecule has 6 heteroatoms. The molecule has 0 fully saturated rings. The minimum Gasteiger partial charge on any atom is -0.395 e. The molecule has 0 spiro atoms. The van der Waals surface area contributed by atoms with Crippen molar-refractivity contribution in [2.75, 3.05) is 23.9 Å². The smallest absolute Gasteiger partial charge is 0.150 e. The molecule has 0 aromatic carbocycles. The highest BCUT2D eigenvalue weighted by atomic mass is 32.2. The van der Waals surface area contributed by atoms with Gasteiger partial charge in [-0.25, -0.2) is 4.98 Å². The Balaban J connectivity index is 2.76. The molecule has 0 saturated heterocycles. The summed E-state index contributed by atoms with van der Waals surface area (Å²) in [4.78, 5) is 4.03. The maximum Gasteiger partial charge on any atom is 0.150 e. The summed E-state index contributed by atoms with van der Waals surface area (Å²) in [6.45, 7) is 2.38. The van der Waals surface area contributed by atoms with Crippen LogP contribution in [0, 0.1) is 11.3 Å². The lowest BCUT2D eigenvalue weighted by Crippen LogP contribution is -2.21. The Kier molecular flexibility index (Phi) is 4.26. The number of nitrogens with one attached hydrogen (secondary N) is 1. The van der Waals surface area contributed by atoms with Crippen molar-refractivity contribution in [1.29, 1.82) is 5.26 Å². The highest BCUT2D eigenvalue weighted by molar-refractivity contribution is 7.84. The first-order valence-electron chi connectivity index (χ1n) is 4.77. The molecule has 2 atom stereocenters. The van der Waals surface area contributed by atoms with Crippen molar-refractivity contribution in [3.8, 4) is 6.07 Å². The van der Waals surface area contributed by atoms with Crippen molar-refractivity contribution in [2.24, 2.45) is 0 Å². The number of aromatic nitrogens is 1. The van der Waals surface area contributed by atoms with Crippen LogP contribution in [0.25, 0.3) is 0 Å². The summed E-state index contributed by atoms with van der Waals surface area (Å²) in [5.74, 6) is 0.469.